The number of nitrogen functional groups attached to an aromatic ring is 1. The second kappa shape index (κ2) is 6.42. The van der Waals surface area contributed by atoms with Crippen LogP contribution in [0, 0.1) is 0 Å². The van der Waals surface area contributed by atoms with Crippen molar-refractivity contribution < 1.29 is 9.90 Å². The van der Waals surface area contributed by atoms with Crippen LogP contribution < -0.4 is 5.73 Å². The molecule has 0 unspecified atom stereocenters. The maximum atomic E-state index is 12.5. The maximum absolute atomic E-state index is 12.5. The molecule has 1 aliphatic rings. The summed E-state index contributed by atoms with van der Waals surface area (Å²) in [7, 11) is 0. The molecule has 120 valence electrons. The summed E-state index contributed by atoms with van der Waals surface area (Å²) in [6, 6.07) is 17.0. The highest BCUT2D eigenvalue weighted by molar-refractivity contribution is 5.94. The van der Waals surface area contributed by atoms with Crippen LogP contribution in [-0.2, 0) is 6.42 Å². The fourth-order valence-corrected chi connectivity index (χ4v) is 3.09. The molecule has 4 heteroatoms. The largest absolute Gasteiger partial charge is 0.399 e. The summed E-state index contributed by atoms with van der Waals surface area (Å²) in [6.45, 7) is 1.15. The number of piperidine rings is 1. The van der Waals surface area contributed by atoms with Crippen molar-refractivity contribution in [2.24, 2.45) is 0 Å². The van der Waals surface area contributed by atoms with Gasteiger partial charge in [0.2, 0.25) is 0 Å². The van der Waals surface area contributed by atoms with Crippen LogP contribution in [0.2, 0.25) is 0 Å². The summed E-state index contributed by atoms with van der Waals surface area (Å²) in [4.78, 5) is 14.3. The minimum Gasteiger partial charge on any atom is -0.399 e. The molecule has 1 amide bonds. The minimum atomic E-state index is -0.723. The third-order valence-electron chi connectivity index (χ3n) is 4.52. The van der Waals surface area contributed by atoms with Gasteiger partial charge < -0.3 is 15.7 Å². The number of aliphatic hydroxyl groups is 1. The molecule has 2 aromatic carbocycles. The first kappa shape index (κ1) is 15.6. The number of carbonyl (C=O) groups excluding carboxylic acids is 1. The van der Waals surface area contributed by atoms with Gasteiger partial charge in [-0.05, 0) is 42.7 Å². The van der Waals surface area contributed by atoms with E-state index in [2.05, 4.69) is 0 Å². The lowest BCUT2D eigenvalue weighted by molar-refractivity contribution is -0.0162. The van der Waals surface area contributed by atoms with E-state index in [0.29, 0.717) is 43.6 Å². The first-order valence-electron chi connectivity index (χ1n) is 7.97. The van der Waals surface area contributed by atoms with Crippen LogP contribution in [-0.4, -0.2) is 34.6 Å². The van der Waals surface area contributed by atoms with Crippen molar-refractivity contribution in [3.8, 4) is 0 Å². The van der Waals surface area contributed by atoms with Gasteiger partial charge in [0.05, 0.1) is 5.60 Å². The molecule has 0 radical (unpaired) electrons. The molecule has 3 rings (SSSR count). The van der Waals surface area contributed by atoms with Crippen molar-refractivity contribution in [2.75, 3.05) is 18.8 Å². The van der Waals surface area contributed by atoms with Gasteiger partial charge in [-0.3, -0.25) is 4.79 Å². The molecule has 4 nitrogen and oxygen atoms in total. The molecule has 23 heavy (non-hydrogen) atoms. The SMILES string of the molecule is Nc1ccc(C(=O)N2CCC(O)(Cc3ccccc3)CC2)cc1. The molecule has 1 fully saturated rings. The quantitative estimate of drug-likeness (QED) is 0.856. The Labute approximate surface area is 136 Å². The summed E-state index contributed by atoms with van der Waals surface area (Å²) in [6.07, 6.45) is 1.84. The third-order valence-corrected chi connectivity index (χ3v) is 4.52. The third kappa shape index (κ3) is 3.71. The summed E-state index contributed by atoms with van der Waals surface area (Å²) in [5.41, 5.74) is 7.36. The van der Waals surface area contributed by atoms with Gasteiger partial charge in [-0.1, -0.05) is 30.3 Å². The second-order valence-corrected chi connectivity index (χ2v) is 6.30. The van der Waals surface area contributed by atoms with Crippen molar-refractivity contribution in [1.29, 1.82) is 0 Å². The summed E-state index contributed by atoms with van der Waals surface area (Å²) < 4.78 is 0. The molecule has 0 aliphatic carbocycles. The fourth-order valence-electron chi connectivity index (χ4n) is 3.09. The molecule has 0 bridgehead atoms. The van der Waals surface area contributed by atoms with Crippen molar-refractivity contribution >= 4 is 11.6 Å². The first-order chi connectivity index (χ1) is 11.1. The van der Waals surface area contributed by atoms with Gasteiger partial charge >= 0.3 is 0 Å². The zero-order valence-electron chi connectivity index (χ0n) is 13.1. The van der Waals surface area contributed by atoms with Crippen LogP contribution in [0.3, 0.4) is 0 Å². The number of nitrogens with zero attached hydrogens (tertiary/aromatic N) is 1. The number of amides is 1. The van der Waals surface area contributed by atoms with Gasteiger partial charge in [-0.15, -0.1) is 0 Å². The van der Waals surface area contributed by atoms with E-state index in [0.717, 1.165) is 5.56 Å². The van der Waals surface area contributed by atoms with Crippen LogP contribution in [0.15, 0.2) is 54.6 Å². The fraction of sp³-hybridized carbons (Fsp3) is 0.316. The van der Waals surface area contributed by atoms with Gasteiger partial charge in [-0.25, -0.2) is 0 Å². The topological polar surface area (TPSA) is 66.6 Å². The Hall–Kier alpha value is -2.33. The van der Waals surface area contributed by atoms with Gasteiger partial charge in [-0.2, -0.15) is 0 Å². The molecule has 0 spiro atoms. The van der Waals surface area contributed by atoms with Gasteiger partial charge in [0.25, 0.3) is 5.91 Å². The van der Waals surface area contributed by atoms with Crippen molar-refractivity contribution in [3.63, 3.8) is 0 Å². The molecule has 0 aromatic heterocycles. The Morgan fingerprint density at radius 1 is 1.04 bits per heavy atom. The predicted molar refractivity (Wildman–Crippen MR) is 91.1 cm³/mol. The number of anilines is 1. The first-order valence-corrected chi connectivity index (χ1v) is 7.97. The van der Waals surface area contributed by atoms with E-state index in [1.165, 1.54) is 0 Å². The zero-order chi connectivity index (χ0) is 16.3. The normalized spacial score (nSPS) is 17.0. The molecule has 2 aromatic rings. The second-order valence-electron chi connectivity index (χ2n) is 6.30. The van der Waals surface area contributed by atoms with E-state index in [1.54, 1.807) is 24.3 Å². The van der Waals surface area contributed by atoms with E-state index < -0.39 is 5.60 Å². The van der Waals surface area contributed by atoms with Crippen LogP contribution in [0.25, 0.3) is 0 Å². The number of hydrogen-bond donors (Lipinski definition) is 2. The monoisotopic (exact) mass is 310 g/mol. The van der Waals surface area contributed by atoms with Gasteiger partial charge in [0.1, 0.15) is 0 Å². The van der Waals surface area contributed by atoms with Crippen LogP contribution in [0.4, 0.5) is 5.69 Å². The van der Waals surface area contributed by atoms with E-state index >= 15 is 0 Å². The highest BCUT2D eigenvalue weighted by Gasteiger charge is 2.34. The van der Waals surface area contributed by atoms with E-state index in [1.807, 2.05) is 35.2 Å². The number of benzene rings is 2. The number of rotatable bonds is 3. The van der Waals surface area contributed by atoms with Crippen molar-refractivity contribution in [2.45, 2.75) is 24.9 Å². The molecule has 0 saturated carbocycles. The Kier molecular flexibility index (Phi) is 4.35. The lowest BCUT2D eigenvalue weighted by atomic mass is 9.85. The number of nitrogens with two attached hydrogens (primary N) is 1. The van der Waals surface area contributed by atoms with Gasteiger partial charge in [0, 0.05) is 30.8 Å². The van der Waals surface area contributed by atoms with E-state index in [4.69, 9.17) is 5.73 Å². The van der Waals surface area contributed by atoms with E-state index in [9.17, 15) is 9.90 Å². The number of carbonyl (C=O) groups is 1. The van der Waals surface area contributed by atoms with Crippen LogP contribution >= 0.6 is 0 Å². The standard InChI is InChI=1S/C19H22N2O2/c20-17-8-6-16(7-9-17)18(22)21-12-10-19(23,11-13-21)14-15-4-2-1-3-5-15/h1-9,23H,10-14,20H2. The highest BCUT2D eigenvalue weighted by Crippen LogP contribution is 2.27. The molecule has 0 atom stereocenters. The average Bonchev–Trinajstić information content (AvgIpc) is 2.56. The molecule has 1 aliphatic heterocycles. The average molecular weight is 310 g/mol. The Morgan fingerprint density at radius 2 is 1.65 bits per heavy atom. The Bertz CT molecular complexity index is 660. The minimum absolute atomic E-state index is 0.00626. The lowest BCUT2D eigenvalue weighted by Crippen LogP contribution is -2.47. The Morgan fingerprint density at radius 3 is 2.26 bits per heavy atom. The Balaban J connectivity index is 1.61. The maximum Gasteiger partial charge on any atom is 0.253 e. The molecule has 1 heterocycles. The zero-order valence-corrected chi connectivity index (χ0v) is 13.1. The smallest absolute Gasteiger partial charge is 0.253 e. The van der Waals surface area contributed by atoms with Crippen LogP contribution in [0.1, 0.15) is 28.8 Å². The highest BCUT2D eigenvalue weighted by atomic mass is 16.3. The van der Waals surface area contributed by atoms with Crippen LogP contribution in [0.5, 0.6) is 0 Å². The van der Waals surface area contributed by atoms with Gasteiger partial charge in [0.15, 0.2) is 0 Å². The predicted octanol–water partition coefficient (Wildman–Crippen LogP) is 2.48. The summed E-state index contributed by atoms with van der Waals surface area (Å²) in [5, 5.41) is 10.8. The van der Waals surface area contributed by atoms with Crippen molar-refractivity contribution in [3.05, 3.63) is 65.7 Å². The summed E-state index contributed by atoms with van der Waals surface area (Å²) >= 11 is 0. The molecule has 3 N–H and O–H groups in total. The van der Waals surface area contributed by atoms with E-state index in [-0.39, 0.29) is 5.91 Å². The molecular weight excluding hydrogens is 288 g/mol. The number of likely N-dealkylation sites (tertiary alicyclic amines) is 1. The summed E-state index contributed by atoms with van der Waals surface area (Å²) in [5.74, 6) is 0.00626. The van der Waals surface area contributed by atoms with Crippen molar-refractivity contribution in [1.82, 2.24) is 4.90 Å². The molecule has 1 saturated heterocycles. The lowest BCUT2D eigenvalue weighted by Gasteiger charge is -2.38. The number of hydrogen-bond acceptors (Lipinski definition) is 3. The molecular formula is C19H22N2O2.